The van der Waals surface area contributed by atoms with Gasteiger partial charge in [0.1, 0.15) is 10.9 Å². The zero-order valence-electron chi connectivity index (χ0n) is 10.5. The van der Waals surface area contributed by atoms with Gasteiger partial charge in [-0.05, 0) is 25.0 Å². The average molecular weight is 295 g/mol. The van der Waals surface area contributed by atoms with E-state index >= 15 is 0 Å². The molecule has 0 spiro atoms. The molecule has 0 bridgehead atoms. The number of fused-ring (bicyclic) bond motifs is 1. The Hall–Kier alpha value is -1.86. The van der Waals surface area contributed by atoms with Crippen LogP contribution in [0.2, 0.25) is 0 Å². The predicted molar refractivity (Wildman–Crippen MR) is 70.8 cm³/mol. The number of hydrogen-bond acceptors (Lipinski definition) is 4. The molecule has 1 aliphatic rings. The highest BCUT2D eigenvalue weighted by atomic mass is 32.2. The lowest BCUT2D eigenvalue weighted by Gasteiger charge is -2.20. The van der Waals surface area contributed by atoms with Crippen LogP contribution in [-0.2, 0) is 14.8 Å². The molecular weight excluding hydrogens is 282 g/mol. The van der Waals surface area contributed by atoms with Crippen molar-refractivity contribution in [3.8, 4) is 0 Å². The minimum Gasteiger partial charge on any atom is -0.480 e. The molecule has 1 N–H and O–H groups in total. The largest absolute Gasteiger partial charge is 0.480 e. The number of para-hydroxylation sites is 1. The summed E-state index contributed by atoms with van der Waals surface area (Å²) >= 11 is 0. The summed E-state index contributed by atoms with van der Waals surface area (Å²) in [6, 6.07) is 5.49. The average Bonchev–Trinajstić information content (AvgIpc) is 3.06. The van der Waals surface area contributed by atoms with E-state index in [0.717, 1.165) is 4.31 Å². The molecule has 2 heterocycles. The van der Waals surface area contributed by atoms with Crippen LogP contribution >= 0.6 is 0 Å². The van der Waals surface area contributed by atoms with Gasteiger partial charge >= 0.3 is 5.97 Å². The van der Waals surface area contributed by atoms with Crippen LogP contribution in [0.5, 0.6) is 0 Å². The van der Waals surface area contributed by atoms with Gasteiger partial charge in [-0.3, -0.25) is 4.79 Å². The maximum atomic E-state index is 12.7. The number of rotatable bonds is 3. The van der Waals surface area contributed by atoms with Crippen LogP contribution in [-0.4, -0.2) is 36.4 Å². The van der Waals surface area contributed by atoms with Crippen molar-refractivity contribution in [2.75, 3.05) is 6.54 Å². The summed E-state index contributed by atoms with van der Waals surface area (Å²) in [6.07, 6.45) is 2.30. The van der Waals surface area contributed by atoms with Gasteiger partial charge in [0, 0.05) is 11.9 Å². The summed E-state index contributed by atoms with van der Waals surface area (Å²) in [4.78, 5) is 11.2. The normalized spacial score (nSPS) is 20.5. The lowest BCUT2D eigenvalue weighted by Crippen LogP contribution is -2.40. The molecule has 0 unspecified atom stereocenters. The number of aliphatic carboxylic acids is 1. The maximum Gasteiger partial charge on any atom is 0.322 e. The molecule has 1 aromatic heterocycles. The van der Waals surface area contributed by atoms with Crippen molar-refractivity contribution in [1.82, 2.24) is 4.31 Å². The Morgan fingerprint density at radius 2 is 2.15 bits per heavy atom. The van der Waals surface area contributed by atoms with E-state index in [4.69, 9.17) is 9.52 Å². The molecule has 106 valence electrons. The second-order valence-electron chi connectivity index (χ2n) is 4.71. The number of carbonyl (C=O) groups is 1. The number of nitrogens with zero attached hydrogens (tertiary/aromatic N) is 1. The first-order chi connectivity index (χ1) is 9.51. The molecule has 1 atom stereocenters. The van der Waals surface area contributed by atoms with E-state index in [1.165, 1.54) is 12.3 Å². The van der Waals surface area contributed by atoms with Gasteiger partial charge < -0.3 is 9.52 Å². The fourth-order valence-corrected chi connectivity index (χ4v) is 4.37. The van der Waals surface area contributed by atoms with Gasteiger partial charge in [-0.15, -0.1) is 0 Å². The summed E-state index contributed by atoms with van der Waals surface area (Å²) < 4.78 is 31.6. The Morgan fingerprint density at radius 3 is 2.90 bits per heavy atom. The van der Waals surface area contributed by atoms with Crippen LogP contribution in [0.3, 0.4) is 0 Å². The zero-order chi connectivity index (χ0) is 14.3. The lowest BCUT2D eigenvalue weighted by atomic mass is 10.2. The molecule has 1 fully saturated rings. The van der Waals surface area contributed by atoms with Crippen molar-refractivity contribution < 1.29 is 22.7 Å². The van der Waals surface area contributed by atoms with Crippen LogP contribution in [0, 0.1) is 0 Å². The quantitative estimate of drug-likeness (QED) is 0.930. The lowest BCUT2D eigenvalue weighted by molar-refractivity contribution is -0.140. The van der Waals surface area contributed by atoms with E-state index in [1.807, 2.05) is 0 Å². The van der Waals surface area contributed by atoms with Crippen molar-refractivity contribution in [3.63, 3.8) is 0 Å². The fraction of sp³-hybridized carbons (Fsp3) is 0.308. The van der Waals surface area contributed by atoms with E-state index < -0.39 is 22.0 Å². The third kappa shape index (κ3) is 1.90. The first-order valence-corrected chi connectivity index (χ1v) is 7.67. The molecule has 7 heteroatoms. The monoisotopic (exact) mass is 295 g/mol. The molecule has 0 aliphatic carbocycles. The number of hydrogen-bond donors (Lipinski definition) is 1. The topological polar surface area (TPSA) is 87.8 Å². The Bertz CT molecular complexity index is 764. The van der Waals surface area contributed by atoms with Gasteiger partial charge in [0.15, 0.2) is 5.58 Å². The second-order valence-corrected chi connectivity index (χ2v) is 6.57. The summed E-state index contributed by atoms with van der Waals surface area (Å²) in [5.74, 6) is -1.11. The predicted octanol–water partition coefficient (Wildman–Crippen LogP) is 1.67. The number of benzene rings is 1. The highest BCUT2D eigenvalue weighted by Gasteiger charge is 2.40. The molecule has 20 heavy (non-hydrogen) atoms. The molecule has 1 aromatic carbocycles. The van der Waals surface area contributed by atoms with Gasteiger partial charge in [-0.2, -0.15) is 4.31 Å². The Labute approximate surface area is 115 Å². The molecule has 3 rings (SSSR count). The van der Waals surface area contributed by atoms with E-state index in [9.17, 15) is 13.2 Å². The van der Waals surface area contributed by atoms with Gasteiger partial charge in [0.25, 0.3) is 0 Å². The van der Waals surface area contributed by atoms with E-state index in [1.54, 1.807) is 18.2 Å². The van der Waals surface area contributed by atoms with Gasteiger partial charge in [-0.1, -0.05) is 12.1 Å². The van der Waals surface area contributed by atoms with Crippen LogP contribution in [0.4, 0.5) is 0 Å². The maximum absolute atomic E-state index is 12.7. The molecule has 1 saturated heterocycles. The third-order valence-corrected chi connectivity index (χ3v) is 5.45. The fourth-order valence-electron chi connectivity index (χ4n) is 2.57. The van der Waals surface area contributed by atoms with Crippen LogP contribution in [0.15, 0.2) is 39.8 Å². The number of sulfonamides is 1. The molecule has 0 radical (unpaired) electrons. The summed E-state index contributed by atoms with van der Waals surface area (Å²) in [5, 5.41) is 9.82. The van der Waals surface area contributed by atoms with Crippen LogP contribution < -0.4 is 0 Å². The molecule has 2 aromatic rings. The van der Waals surface area contributed by atoms with Gasteiger partial charge in [-0.25, -0.2) is 8.42 Å². The molecule has 0 saturated carbocycles. The van der Waals surface area contributed by atoms with Crippen molar-refractivity contribution in [3.05, 3.63) is 30.5 Å². The first kappa shape index (κ1) is 13.1. The third-order valence-electron chi connectivity index (χ3n) is 3.52. The Morgan fingerprint density at radius 1 is 1.35 bits per heavy atom. The summed E-state index contributed by atoms with van der Waals surface area (Å²) in [6.45, 7) is 0.219. The van der Waals surface area contributed by atoms with Crippen LogP contribution in [0.25, 0.3) is 11.0 Å². The Balaban J connectivity index is 2.12. The molecule has 6 nitrogen and oxygen atoms in total. The van der Waals surface area contributed by atoms with E-state index in [0.29, 0.717) is 18.2 Å². The smallest absolute Gasteiger partial charge is 0.322 e. The van der Waals surface area contributed by atoms with E-state index in [2.05, 4.69) is 0 Å². The highest BCUT2D eigenvalue weighted by Crippen LogP contribution is 2.31. The van der Waals surface area contributed by atoms with Crippen molar-refractivity contribution >= 4 is 27.0 Å². The van der Waals surface area contributed by atoms with Crippen molar-refractivity contribution in [2.45, 2.75) is 23.8 Å². The minimum absolute atomic E-state index is 0.0214. The number of furan rings is 1. The molecule has 0 amide bonds. The Kier molecular flexibility index (Phi) is 3.02. The summed E-state index contributed by atoms with van der Waals surface area (Å²) in [7, 11) is -3.87. The first-order valence-electron chi connectivity index (χ1n) is 6.22. The number of carboxylic acid groups (broad SMARTS) is 1. The summed E-state index contributed by atoms with van der Waals surface area (Å²) in [5.41, 5.74) is 0.267. The minimum atomic E-state index is -3.87. The van der Waals surface area contributed by atoms with E-state index in [-0.39, 0.29) is 17.0 Å². The standard InChI is InChI=1S/C13H13NO5S/c15-13(16)10-4-2-7-14(10)20(17,18)11-5-1-3-9-6-8-19-12(9)11/h1,3,5-6,8,10H,2,4,7H2,(H,15,16)/t10-/m1/s1. The zero-order valence-corrected chi connectivity index (χ0v) is 11.3. The highest BCUT2D eigenvalue weighted by molar-refractivity contribution is 7.89. The van der Waals surface area contributed by atoms with Crippen LogP contribution in [0.1, 0.15) is 12.8 Å². The number of carboxylic acids is 1. The van der Waals surface area contributed by atoms with Gasteiger partial charge in [0.05, 0.1) is 6.26 Å². The van der Waals surface area contributed by atoms with Crippen molar-refractivity contribution in [2.24, 2.45) is 0 Å². The van der Waals surface area contributed by atoms with Crippen molar-refractivity contribution in [1.29, 1.82) is 0 Å². The van der Waals surface area contributed by atoms with Gasteiger partial charge in [0.2, 0.25) is 10.0 Å². The molecular formula is C13H13NO5S. The molecule has 1 aliphatic heterocycles. The SMILES string of the molecule is O=C(O)[C@H]1CCCN1S(=O)(=O)c1cccc2ccoc12. The second kappa shape index (κ2) is 4.60.